The second-order valence-corrected chi connectivity index (χ2v) is 3.12. The third kappa shape index (κ3) is 1.16. The highest BCUT2D eigenvalue weighted by molar-refractivity contribution is 6.19. The van der Waals surface area contributed by atoms with Gasteiger partial charge in [0.05, 0.1) is 0 Å². The van der Waals surface area contributed by atoms with Crippen molar-refractivity contribution in [1.29, 1.82) is 0 Å². The van der Waals surface area contributed by atoms with Gasteiger partial charge in [0, 0.05) is 12.4 Å². The predicted molar refractivity (Wildman–Crippen MR) is 48.9 cm³/mol. The molecule has 2 heterocycles. The van der Waals surface area contributed by atoms with Gasteiger partial charge in [0.2, 0.25) is 5.78 Å². The molecule has 1 unspecified atom stereocenters. The molecule has 0 saturated heterocycles. The van der Waals surface area contributed by atoms with Crippen LogP contribution >= 0.6 is 0 Å². The predicted octanol–water partition coefficient (Wildman–Crippen LogP) is 1.66. The Hall–Kier alpha value is -1.51. The van der Waals surface area contributed by atoms with E-state index in [-0.39, 0.29) is 11.9 Å². The first-order chi connectivity index (χ1) is 6.20. The molecule has 1 aromatic rings. The minimum atomic E-state index is -0.336. The SMILES string of the molecule is CC1=C(n2cccc2)C(=O)C(C)O1. The summed E-state index contributed by atoms with van der Waals surface area (Å²) in [6.07, 6.45) is 3.35. The molecule has 1 aromatic heterocycles. The maximum atomic E-state index is 11.6. The Bertz CT molecular complexity index is 362. The number of carbonyl (C=O) groups excluding carboxylic acids is 1. The van der Waals surface area contributed by atoms with Gasteiger partial charge in [-0.3, -0.25) is 4.79 Å². The van der Waals surface area contributed by atoms with Gasteiger partial charge in [-0.25, -0.2) is 0 Å². The van der Waals surface area contributed by atoms with Gasteiger partial charge >= 0.3 is 0 Å². The number of ether oxygens (including phenoxy) is 1. The number of ketones is 1. The topological polar surface area (TPSA) is 31.2 Å². The van der Waals surface area contributed by atoms with E-state index >= 15 is 0 Å². The Morgan fingerprint density at radius 1 is 1.38 bits per heavy atom. The van der Waals surface area contributed by atoms with Crippen LogP contribution < -0.4 is 0 Å². The van der Waals surface area contributed by atoms with Gasteiger partial charge in [-0.15, -0.1) is 0 Å². The van der Waals surface area contributed by atoms with Crippen LogP contribution in [0.1, 0.15) is 13.8 Å². The summed E-state index contributed by atoms with van der Waals surface area (Å²) < 4.78 is 7.11. The van der Waals surface area contributed by atoms with E-state index < -0.39 is 0 Å². The molecule has 0 N–H and O–H groups in total. The third-order valence-corrected chi connectivity index (χ3v) is 2.15. The largest absolute Gasteiger partial charge is 0.485 e. The lowest BCUT2D eigenvalue weighted by molar-refractivity contribution is -0.119. The lowest BCUT2D eigenvalue weighted by Gasteiger charge is -2.00. The van der Waals surface area contributed by atoms with Crippen molar-refractivity contribution >= 4 is 11.5 Å². The number of allylic oxidation sites excluding steroid dienone is 1. The van der Waals surface area contributed by atoms with Crippen LogP contribution in [0.5, 0.6) is 0 Å². The van der Waals surface area contributed by atoms with Crippen LogP contribution in [-0.4, -0.2) is 16.5 Å². The van der Waals surface area contributed by atoms with Crippen molar-refractivity contribution in [3.05, 3.63) is 30.3 Å². The number of rotatable bonds is 1. The van der Waals surface area contributed by atoms with Gasteiger partial charge in [0.15, 0.2) is 6.10 Å². The zero-order valence-electron chi connectivity index (χ0n) is 7.65. The fourth-order valence-corrected chi connectivity index (χ4v) is 1.53. The van der Waals surface area contributed by atoms with Crippen molar-refractivity contribution in [3.8, 4) is 0 Å². The molecule has 68 valence electrons. The van der Waals surface area contributed by atoms with Crippen LogP contribution in [-0.2, 0) is 9.53 Å². The highest BCUT2D eigenvalue weighted by atomic mass is 16.5. The molecule has 2 rings (SSSR count). The van der Waals surface area contributed by atoms with Crippen LogP contribution in [0.3, 0.4) is 0 Å². The van der Waals surface area contributed by atoms with Crippen molar-refractivity contribution in [2.24, 2.45) is 0 Å². The third-order valence-electron chi connectivity index (χ3n) is 2.15. The first kappa shape index (κ1) is 8.10. The molecular weight excluding hydrogens is 166 g/mol. The Balaban J connectivity index is 2.44. The summed E-state index contributed by atoms with van der Waals surface area (Å²) in [6, 6.07) is 3.77. The minimum absolute atomic E-state index is 0.0497. The molecule has 0 bridgehead atoms. The standard InChI is InChI=1S/C10H11NO2/c1-7-9(10(12)8(2)13-7)11-5-3-4-6-11/h3-6,8H,1-2H3. The van der Waals surface area contributed by atoms with Gasteiger partial charge in [0.25, 0.3) is 0 Å². The minimum Gasteiger partial charge on any atom is -0.485 e. The summed E-state index contributed by atoms with van der Waals surface area (Å²) in [7, 11) is 0. The molecule has 1 aliphatic heterocycles. The summed E-state index contributed by atoms with van der Waals surface area (Å²) in [6.45, 7) is 3.58. The number of hydrogen-bond acceptors (Lipinski definition) is 2. The lowest BCUT2D eigenvalue weighted by atomic mass is 10.2. The van der Waals surface area contributed by atoms with Gasteiger partial charge in [-0.2, -0.15) is 0 Å². The van der Waals surface area contributed by atoms with E-state index in [2.05, 4.69) is 0 Å². The van der Waals surface area contributed by atoms with E-state index in [1.54, 1.807) is 11.5 Å². The second kappa shape index (κ2) is 2.76. The Kier molecular flexibility index (Phi) is 1.72. The second-order valence-electron chi connectivity index (χ2n) is 3.12. The molecule has 0 aromatic carbocycles. The molecule has 0 saturated carbocycles. The van der Waals surface area contributed by atoms with Crippen LogP contribution in [0.4, 0.5) is 0 Å². The van der Waals surface area contributed by atoms with E-state index in [4.69, 9.17) is 4.74 Å². The molecule has 1 aliphatic rings. The lowest BCUT2D eigenvalue weighted by Crippen LogP contribution is -2.14. The van der Waals surface area contributed by atoms with Crippen molar-refractivity contribution < 1.29 is 9.53 Å². The van der Waals surface area contributed by atoms with E-state index in [0.29, 0.717) is 11.5 Å². The molecule has 0 amide bonds. The average Bonchev–Trinajstić information content (AvgIpc) is 2.63. The maximum absolute atomic E-state index is 11.6. The summed E-state index contributed by atoms with van der Waals surface area (Å²) in [4.78, 5) is 11.6. The van der Waals surface area contributed by atoms with Crippen LogP contribution in [0.25, 0.3) is 5.70 Å². The molecular formula is C10H11NO2. The summed E-state index contributed by atoms with van der Waals surface area (Å²) in [5.41, 5.74) is 0.650. The first-order valence-corrected chi connectivity index (χ1v) is 4.25. The molecule has 13 heavy (non-hydrogen) atoms. The molecule has 0 fully saturated rings. The molecule has 1 atom stereocenters. The van der Waals surface area contributed by atoms with E-state index in [1.165, 1.54) is 0 Å². The quantitative estimate of drug-likeness (QED) is 0.653. The van der Waals surface area contributed by atoms with E-state index in [9.17, 15) is 4.79 Å². The Labute approximate surface area is 76.6 Å². The summed E-state index contributed by atoms with van der Waals surface area (Å²) in [5.74, 6) is 0.752. The molecule has 3 heteroatoms. The molecule has 0 aliphatic carbocycles. The van der Waals surface area contributed by atoms with Gasteiger partial charge in [0.1, 0.15) is 11.5 Å². The van der Waals surface area contributed by atoms with E-state index in [0.717, 1.165) is 0 Å². The van der Waals surface area contributed by atoms with Crippen molar-refractivity contribution in [1.82, 2.24) is 4.57 Å². The summed E-state index contributed by atoms with van der Waals surface area (Å²) in [5, 5.41) is 0. The number of nitrogens with zero attached hydrogens (tertiary/aromatic N) is 1. The van der Waals surface area contributed by atoms with Crippen LogP contribution in [0.15, 0.2) is 30.3 Å². The Morgan fingerprint density at radius 2 is 2.00 bits per heavy atom. The zero-order chi connectivity index (χ0) is 9.42. The average molecular weight is 177 g/mol. The maximum Gasteiger partial charge on any atom is 0.223 e. The summed E-state index contributed by atoms with van der Waals surface area (Å²) >= 11 is 0. The number of Topliss-reactive ketones (excluding diaryl/α,β-unsaturated/α-hetero) is 1. The monoisotopic (exact) mass is 177 g/mol. The normalized spacial score (nSPS) is 22.3. The number of hydrogen-bond donors (Lipinski definition) is 0. The molecule has 0 spiro atoms. The highest BCUT2D eigenvalue weighted by Gasteiger charge is 2.30. The van der Waals surface area contributed by atoms with Crippen molar-refractivity contribution in [3.63, 3.8) is 0 Å². The van der Waals surface area contributed by atoms with Crippen molar-refractivity contribution in [2.75, 3.05) is 0 Å². The first-order valence-electron chi connectivity index (χ1n) is 4.25. The Morgan fingerprint density at radius 3 is 2.46 bits per heavy atom. The fourth-order valence-electron chi connectivity index (χ4n) is 1.53. The van der Waals surface area contributed by atoms with Gasteiger partial charge < -0.3 is 9.30 Å². The van der Waals surface area contributed by atoms with Crippen LogP contribution in [0.2, 0.25) is 0 Å². The fraction of sp³-hybridized carbons (Fsp3) is 0.300. The number of carbonyl (C=O) groups is 1. The zero-order valence-corrected chi connectivity index (χ0v) is 7.65. The van der Waals surface area contributed by atoms with Crippen molar-refractivity contribution in [2.45, 2.75) is 20.0 Å². The van der Waals surface area contributed by atoms with E-state index in [1.807, 2.05) is 31.5 Å². The number of aromatic nitrogens is 1. The molecule has 0 radical (unpaired) electrons. The van der Waals surface area contributed by atoms with Gasteiger partial charge in [-0.1, -0.05) is 0 Å². The van der Waals surface area contributed by atoms with Crippen LogP contribution in [0, 0.1) is 0 Å². The smallest absolute Gasteiger partial charge is 0.223 e. The molecule has 3 nitrogen and oxygen atoms in total. The van der Waals surface area contributed by atoms with Gasteiger partial charge in [-0.05, 0) is 26.0 Å². The highest BCUT2D eigenvalue weighted by Crippen LogP contribution is 2.24.